The van der Waals surface area contributed by atoms with Crippen molar-refractivity contribution in [3.63, 3.8) is 0 Å². The predicted molar refractivity (Wildman–Crippen MR) is 196 cm³/mol. The molecule has 0 atom stereocenters. The number of H-pyrrole nitrogens is 2. The van der Waals surface area contributed by atoms with Crippen molar-refractivity contribution in [2.75, 3.05) is 25.3 Å². The van der Waals surface area contributed by atoms with Crippen molar-refractivity contribution in [3.8, 4) is 0 Å². The molecule has 13 heteroatoms. The van der Waals surface area contributed by atoms with Gasteiger partial charge in [-0.25, -0.2) is 19.2 Å². The van der Waals surface area contributed by atoms with E-state index >= 15 is 0 Å². The van der Waals surface area contributed by atoms with Crippen LogP contribution in [0.3, 0.4) is 0 Å². The number of nitrogens with two attached hydrogens (primary N) is 1. The third-order valence-corrected chi connectivity index (χ3v) is 6.81. The highest BCUT2D eigenvalue weighted by Gasteiger charge is 2.24. The highest BCUT2D eigenvalue weighted by atomic mass is 35.5. The zero-order chi connectivity index (χ0) is 36.8. The number of rotatable bonds is 7. The van der Waals surface area contributed by atoms with Crippen LogP contribution in [-0.2, 0) is 43.0 Å². The molecule has 272 valence electrons. The number of ether oxygens (including phenoxy) is 4. The first-order chi connectivity index (χ1) is 23.0. The molecule has 2 aromatic heterocycles. The second-order valence-corrected chi connectivity index (χ2v) is 13.0. The fourth-order valence-electron chi connectivity index (χ4n) is 3.95. The third kappa shape index (κ3) is 14.1. The SMILES string of the molecule is C.COC(=O)c1[nH]c(C(C)(C)C)cc1N.COC(=O)c1[nH]c(C(C)(C)C)cc1NC(=O)OCc1ccccc1.O=C(Cl)OCc1ccccc1. The summed E-state index contributed by atoms with van der Waals surface area (Å²) in [6.07, 6.45) is -0.636. The molecule has 0 aliphatic rings. The number of esters is 2. The zero-order valence-electron chi connectivity index (χ0n) is 29.1. The normalized spacial score (nSPS) is 10.5. The molecule has 2 aromatic carbocycles. The van der Waals surface area contributed by atoms with Crippen LogP contribution >= 0.6 is 11.6 Å². The Morgan fingerprint density at radius 2 is 1.12 bits per heavy atom. The summed E-state index contributed by atoms with van der Waals surface area (Å²) in [5, 5.41) is 2.60. The van der Waals surface area contributed by atoms with Gasteiger partial charge >= 0.3 is 23.5 Å². The van der Waals surface area contributed by atoms with E-state index in [4.69, 9.17) is 26.8 Å². The number of nitrogen functional groups attached to an aromatic ring is 1. The van der Waals surface area contributed by atoms with Crippen LogP contribution in [0, 0.1) is 0 Å². The van der Waals surface area contributed by atoms with Gasteiger partial charge in [-0.3, -0.25) is 5.32 Å². The second kappa shape index (κ2) is 19.7. The predicted octanol–water partition coefficient (Wildman–Crippen LogP) is 8.73. The Labute approximate surface area is 299 Å². The first-order valence-electron chi connectivity index (χ1n) is 15.2. The Kier molecular flexibility index (Phi) is 16.9. The summed E-state index contributed by atoms with van der Waals surface area (Å²) < 4.78 is 19.1. The van der Waals surface area contributed by atoms with Crippen LogP contribution in [-0.4, -0.2) is 47.6 Å². The van der Waals surface area contributed by atoms with E-state index in [1.54, 1.807) is 12.1 Å². The van der Waals surface area contributed by atoms with Crippen molar-refractivity contribution in [2.45, 2.75) is 73.0 Å². The Morgan fingerprint density at radius 3 is 1.54 bits per heavy atom. The maximum atomic E-state index is 12.0. The second-order valence-electron chi connectivity index (χ2n) is 12.7. The maximum Gasteiger partial charge on any atom is 0.412 e. The summed E-state index contributed by atoms with van der Waals surface area (Å²) in [5.74, 6) is -0.984. The number of aromatic amines is 2. The summed E-state index contributed by atoms with van der Waals surface area (Å²) in [6, 6.07) is 22.2. The first-order valence-corrected chi connectivity index (χ1v) is 15.6. The van der Waals surface area contributed by atoms with Crippen molar-refractivity contribution >= 4 is 46.4 Å². The Balaban J connectivity index is 0.000000408. The quantitative estimate of drug-likeness (QED) is 0.0829. The highest BCUT2D eigenvalue weighted by molar-refractivity contribution is 6.61. The fourth-order valence-corrected chi connectivity index (χ4v) is 4.00. The van der Waals surface area contributed by atoms with E-state index in [1.807, 2.05) is 102 Å². The monoisotopic (exact) mass is 712 g/mol. The van der Waals surface area contributed by atoms with E-state index in [2.05, 4.69) is 24.8 Å². The van der Waals surface area contributed by atoms with E-state index in [-0.39, 0.29) is 37.2 Å². The number of amides is 1. The molecule has 1 amide bonds. The average Bonchev–Trinajstić information content (AvgIpc) is 3.68. The van der Waals surface area contributed by atoms with Gasteiger partial charge in [-0.05, 0) is 23.3 Å². The molecule has 0 fully saturated rings. The zero-order valence-corrected chi connectivity index (χ0v) is 29.8. The Morgan fingerprint density at radius 1 is 0.700 bits per heavy atom. The summed E-state index contributed by atoms with van der Waals surface area (Å²) in [7, 11) is 2.62. The van der Waals surface area contributed by atoms with E-state index < -0.39 is 23.5 Å². The number of hydrogen-bond acceptors (Lipinski definition) is 9. The number of hydrogen-bond donors (Lipinski definition) is 4. The van der Waals surface area contributed by atoms with Gasteiger partial charge < -0.3 is 34.6 Å². The topological polar surface area (TPSA) is 175 Å². The van der Waals surface area contributed by atoms with E-state index in [0.29, 0.717) is 17.1 Å². The number of anilines is 2. The molecule has 0 spiro atoms. The largest absolute Gasteiger partial charge is 0.464 e. The smallest absolute Gasteiger partial charge is 0.412 e. The average molecular weight is 713 g/mol. The number of halogens is 1. The molecule has 12 nitrogen and oxygen atoms in total. The van der Waals surface area contributed by atoms with Gasteiger partial charge in [0.25, 0.3) is 0 Å². The van der Waals surface area contributed by atoms with E-state index in [9.17, 15) is 19.2 Å². The molecular weight excluding hydrogens is 664 g/mol. The molecule has 5 N–H and O–H groups in total. The molecule has 4 aromatic rings. The minimum atomic E-state index is -0.770. The Hall–Kier alpha value is -5.23. The van der Waals surface area contributed by atoms with Crippen LogP contribution in [0.15, 0.2) is 72.8 Å². The van der Waals surface area contributed by atoms with Gasteiger partial charge in [0, 0.05) is 33.8 Å². The van der Waals surface area contributed by atoms with Gasteiger partial charge in [0.15, 0.2) is 0 Å². The Bertz CT molecular complexity index is 1670. The number of nitrogens with one attached hydrogen (secondary N) is 3. The van der Waals surface area contributed by atoms with Gasteiger partial charge in [-0.1, -0.05) is 110 Å². The van der Waals surface area contributed by atoms with Crippen LogP contribution in [0.5, 0.6) is 0 Å². The lowest BCUT2D eigenvalue weighted by atomic mass is 9.92. The number of benzene rings is 2. The molecule has 0 saturated heterocycles. The highest BCUT2D eigenvalue weighted by Crippen LogP contribution is 2.28. The summed E-state index contributed by atoms with van der Waals surface area (Å²) in [6.45, 7) is 12.5. The summed E-state index contributed by atoms with van der Waals surface area (Å²) in [5.41, 5.74) is 9.49. The van der Waals surface area contributed by atoms with Crippen molar-refractivity contribution in [1.82, 2.24) is 9.97 Å². The van der Waals surface area contributed by atoms with E-state index in [1.165, 1.54) is 14.2 Å². The van der Waals surface area contributed by atoms with Crippen molar-refractivity contribution < 1.29 is 38.1 Å². The minimum Gasteiger partial charge on any atom is -0.464 e. The molecule has 0 bridgehead atoms. The van der Waals surface area contributed by atoms with Gasteiger partial charge in [0.05, 0.1) is 25.6 Å². The standard InChI is InChI=1S/C18H22N2O4.C10H16N2O2.C8H7ClO2.CH4/c1-18(2,3)14-10-13(15(20-14)16(21)23-4)19-17(22)24-11-12-8-6-5-7-9-12;1-10(2,3)7-5-6(11)8(12-7)9(13)14-4;9-8(10)11-6-7-4-2-1-3-5-7;/h5-10,20H,11H2,1-4H3,(H,19,22);5,12H,11H2,1-4H3;1-5H,6H2;1H4. The molecule has 0 radical (unpaired) electrons. The van der Waals surface area contributed by atoms with Crippen molar-refractivity contribution in [2.24, 2.45) is 0 Å². The molecule has 4 rings (SSSR count). The van der Waals surface area contributed by atoms with Crippen LogP contribution in [0.4, 0.5) is 21.0 Å². The lowest BCUT2D eigenvalue weighted by Gasteiger charge is -2.15. The number of aromatic nitrogens is 2. The van der Waals surface area contributed by atoms with Crippen molar-refractivity contribution in [3.05, 3.63) is 107 Å². The number of methoxy groups -OCH3 is 2. The lowest BCUT2D eigenvalue weighted by molar-refractivity contribution is 0.0586. The molecule has 0 unspecified atom stereocenters. The van der Waals surface area contributed by atoms with E-state index in [0.717, 1.165) is 22.5 Å². The van der Waals surface area contributed by atoms with Gasteiger partial charge in [-0.15, -0.1) is 0 Å². The maximum absolute atomic E-state index is 12.0. The number of carbonyl (C=O) groups excluding carboxylic acids is 4. The summed E-state index contributed by atoms with van der Waals surface area (Å²) >= 11 is 4.97. The van der Waals surface area contributed by atoms with Gasteiger partial charge in [0.1, 0.15) is 24.6 Å². The molecule has 0 aliphatic carbocycles. The molecule has 50 heavy (non-hydrogen) atoms. The molecule has 0 aliphatic heterocycles. The molecule has 2 heterocycles. The van der Waals surface area contributed by atoms with Crippen LogP contribution < -0.4 is 11.1 Å². The third-order valence-electron chi connectivity index (χ3n) is 6.71. The molecule has 0 saturated carbocycles. The fraction of sp³-hybridized carbons (Fsp3) is 0.351. The first kappa shape index (κ1) is 42.8. The summed E-state index contributed by atoms with van der Waals surface area (Å²) in [4.78, 5) is 51.3. The van der Waals surface area contributed by atoms with Crippen LogP contribution in [0.2, 0.25) is 0 Å². The lowest BCUT2D eigenvalue weighted by Crippen LogP contribution is -2.15. The van der Waals surface area contributed by atoms with Crippen LogP contribution in [0.1, 0.15) is 92.5 Å². The molecular formula is C37H49ClN4O8. The van der Waals surface area contributed by atoms with Crippen molar-refractivity contribution in [1.29, 1.82) is 0 Å². The number of carbonyl (C=O) groups is 4. The van der Waals surface area contributed by atoms with Gasteiger partial charge in [-0.2, -0.15) is 0 Å². The minimum absolute atomic E-state index is 0. The van der Waals surface area contributed by atoms with Crippen LogP contribution in [0.25, 0.3) is 0 Å². The van der Waals surface area contributed by atoms with Gasteiger partial charge in [0.2, 0.25) is 0 Å².